The van der Waals surface area contributed by atoms with Crippen molar-refractivity contribution in [3.63, 3.8) is 0 Å². The van der Waals surface area contributed by atoms with E-state index in [2.05, 4.69) is 22.3 Å². The van der Waals surface area contributed by atoms with Crippen LogP contribution >= 0.6 is 0 Å². The highest BCUT2D eigenvalue weighted by Crippen LogP contribution is 2.18. The summed E-state index contributed by atoms with van der Waals surface area (Å²) in [5, 5.41) is 2.49. The molecule has 1 fully saturated rings. The number of piperazine rings is 1. The quantitative estimate of drug-likeness (QED) is 0.569. The molecule has 0 bridgehead atoms. The summed E-state index contributed by atoms with van der Waals surface area (Å²) in [7, 11) is 1.46. The second-order valence-electron chi connectivity index (χ2n) is 8.58. The number of rotatable bonds is 7. The molecule has 3 aromatic rings. The first kappa shape index (κ1) is 24.2. The van der Waals surface area contributed by atoms with E-state index in [9.17, 15) is 18.8 Å². The van der Waals surface area contributed by atoms with Gasteiger partial charge in [0, 0.05) is 57.9 Å². The molecule has 182 valence electrons. The Morgan fingerprint density at radius 1 is 0.914 bits per heavy atom. The number of anilines is 1. The summed E-state index contributed by atoms with van der Waals surface area (Å²) in [6, 6.07) is 16.3. The van der Waals surface area contributed by atoms with Crippen LogP contribution in [0.3, 0.4) is 0 Å². The Morgan fingerprint density at radius 3 is 2.23 bits per heavy atom. The number of hydrogen-bond acceptors (Lipinski definition) is 4. The van der Waals surface area contributed by atoms with Crippen LogP contribution in [0.5, 0.6) is 0 Å². The average molecular weight is 477 g/mol. The SMILES string of the molecule is CNC(=O)c1cn(CCCc2ccccc2)cc(C(=O)N2CCN(c3ccc(F)cc3)CC2)c1=O. The van der Waals surface area contributed by atoms with Gasteiger partial charge in [-0.2, -0.15) is 0 Å². The third kappa shape index (κ3) is 5.77. The number of aryl methyl sites for hydroxylation is 2. The fraction of sp³-hybridized carbons (Fsp3) is 0.296. The molecule has 1 aliphatic heterocycles. The first-order valence-corrected chi connectivity index (χ1v) is 11.8. The minimum atomic E-state index is -0.561. The maximum Gasteiger partial charge on any atom is 0.259 e. The van der Waals surface area contributed by atoms with Gasteiger partial charge in [-0.25, -0.2) is 4.39 Å². The van der Waals surface area contributed by atoms with Crippen molar-refractivity contribution in [2.45, 2.75) is 19.4 Å². The van der Waals surface area contributed by atoms with Crippen LogP contribution in [0.1, 0.15) is 32.7 Å². The third-order valence-electron chi connectivity index (χ3n) is 6.26. The van der Waals surface area contributed by atoms with Gasteiger partial charge in [-0.1, -0.05) is 30.3 Å². The number of amides is 2. The van der Waals surface area contributed by atoms with Crippen LogP contribution < -0.4 is 15.6 Å². The van der Waals surface area contributed by atoms with Crippen LogP contribution in [-0.4, -0.2) is 54.5 Å². The zero-order valence-corrected chi connectivity index (χ0v) is 19.7. The standard InChI is InChI=1S/C27H29FN4O3/c1-29-26(34)23-18-30(13-5-8-20-6-3-2-4-7-20)19-24(25(23)33)27(35)32-16-14-31(15-17-32)22-11-9-21(28)10-12-22/h2-4,6-7,9-12,18-19H,5,8,13-17H2,1H3,(H,29,34). The molecular weight excluding hydrogens is 447 g/mol. The number of halogens is 1. The lowest BCUT2D eigenvalue weighted by atomic mass is 10.1. The molecule has 2 amide bonds. The van der Waals surface area contributed by atoms with Crippen LogP contribution in [0.25, 0.3) is 0 Å². The molecule has 0 spiro atoms. The van der Waals surface area contributed by atoms with Crippen LogP contribution in [0, 0.1) is 5.82 Å². The van der Waals surface area contributed by atoms with Crippen molar-refractivity contribution in [3.05, 3.63) is 99.7 Å². The van der Waals surface area contributed by atoms with Gasteiger partial charge in [0.15, 0.2) is 0 Å². The summed E-state index contributed by atoms with van der Waals surface area (Å²) >= 11 is 0. The molecule has 2 aromatic carbocycles. The number of pyridine rings is 1. The molecule has 1 aliphatic rings. The van der Waals surface area contributed by atoms with Crippen LogP contribution in [0.15, 0.2) is 71.8 Å². The van der Waals surface area contributed by atoms with Crippen LogP contribution in [0.4, 0.5) is 10.1 Å². The minimum Gasteiger partial charge on any atom is -0.368 e. The first-order chi connectivity index (χ1) is 17.0. The van der Waals surface area contributed by atoms with Crippen molar-refractivity contribution in [2.24, 2.45) is 0 Å². The molecule has 7 nitrogen and oxygen atoms in total. The predicted octanol–water partition coefficient (Wildman–Crippen LogP) is 2.94. The highest BCUT2D eigenvalue weighted by atomic mass is 19.1. The molecule has 0 aliphatic carbocycles. The van der Waals surface area contributed by atoms with Gasteiger partial charge in [0.2, 0.25) is 5.43 Å². The topological polar surface area (TPSA) is 74.7 Å². The van der Waals surface area contributed by atoms with Crippen molar-refractivity contribution in [1.29, 1.82) is 0 Å². The van der Waals surface area contributed by atoms with Crippen molar-refractivity contribution < 1.29 is 14.0 Å². The number of nitrogens with one attached hydrogen (secondary N) is 1. The lowest BCUT2D eigenvalue weighted by Gasteiger charge is -2.36. The van der Waals surface area contributed by atoms with Gasteiger partial charge in [-0.15, -0.1) is 0 Å². The second-order valence-corrected chi connectivity index (χ2v) is 8.58. The minimum absolute atomic E-state index is 0.000966. The molecule has 4 rings (SSSR count). The van der Waals surface area contributed by atoms with Crippen LogP contribution in [-0.2, 0) is 13.0 Å². The van der Waals surface area contributed by atoms with Gasteiger partial charge in [-0.3, -0.25) is 14.4 Å². The lowest BCUT2D eigenvalue weighted by Crippen LogP contribution is -2.50. The summed E-state index contributed by atoms with van der Waals surface area (Å²) in [4.78, 5) is 42.5. The van der Waals surface area contributed by atoms with Gasteiger partial charge in [0.25, 0.3) is 11.8 Å². The van der Waals surface area contributed by atoms with Crippen molar-refractivity contribution in [1.82, 2.24) is 14.8 Å². The number of nitrogens with zero attached hydrogens (tertiary/aromatic N) is 3. The van der Waals surface area contributed by atoms with Gasteiger partial charge < -0.3 is 19.7 Å². The summed E-state index contributed by atoms with van der Waals surface area (Å²) in [5.41, 5.74) is 1.50. The molecule has 2 heterocycles. The van der Waals surface area contributed by atoms with Gasteiger partial charge in [-0.05, 0) is 42.7 Å². The van der Waals surface area contributed by atoms with E-state index in [4.69, 9.17) is 0 Å². The zero-order chi connectivity index (χ0) is 24.8. The molecule has 35 heavy (non-hydrogen) atoms. The Hall–Kier alpha value is -3.94. The summed E-state index contributed by atoms with van der Waals surface area (Å²) in [5.74, 6) is -1.18. The van der Waals surface area contributed by atoms with E-state index in [1.807, 2.05) is 18.2 Å². The maximum atomic E-state index is 13.3. The molecule has 1 aromatic heterocycles. The van der Waals surface area contributed by atoms with Crippen molar-refractivity contribution >= 4 is 17.5 Å². The highest BCUT2D eigenvalue weighted by molar-refractivity contribution is 5.99. The van der Waals surface area contributed by atoms with E-state index >= 15 is 0 Å². The Morgan fingerprint density at radius 2 is 1.57 bits per heavy atom. The monoisotopic (exact) mass is 476 g/mol. The number of carbonyl (C=O) groups excluding carboxylic acids is 2. The molecule has 1 N–H and O–H groups in total. The van der Waals surface area contributed by atoms with E-state index in [1.54, 1.807) is 27.8 Å². The Labute approximate surface area is 203 Å². The van der Waals surface area contributed by atoms with E-state index in [0.29, 0.717) is 32.7 Å². The normalized spacial score (nSPS) is 13.5. The molecule has 0 unspecified atom stereocenters. The summed E-state index contributed by atoms with van der Waals surface area (Å²) < 4.78 is 15.0. The molecule has 0 atom stereocenters. The predicted molar refractivity (Wildman–Crippen MR) is 133 cm³/mol. The molecule has 0 saturated carbocycles. The van der Waals surface area contributed by atoms with Crippen molar-refractivity contribution in [2.75, 3.05) is 38.1 Å². The number of aromatic nitrogens is 1. The fourth-order valence-electron chi connectivity index (χ4n) is 4.31. The van der Waals surface area contributed by atoms with Crippen molar-refractivity contribution in [3.8, 4) is 0 Å². The van der Waals surface area contributed by atoms with E-state index in [0.717, 1.165) is 18.5 Å². The van der Waals surface area contributed by atoms with Gasteiger partial charge >= 0.3 is 0 Å². The number of benzene rings is 2. The Balaban J connectivity index is 1.49. The van der Waals surface area contributed by atoms with E-state index in [-0.39, 0.29) is 22.9 Å². The zero-order valence-electron chi connectivity index (χ0n) is 19.7. The molecular formula is C27H29FN4O3. The summed E-state index contributed by atoms with van der Waals surface area (Å²) in [6.45, 7) is 2.55. The average Bonchev–Trinajstić information content (AvgIpc) is 2.90. The molecule has 8 heteroatoms. The van der Waals surface area contributed by atoms with Gasteiger partial charge in [0.05, 0.1) is 0 Å². The molecule has 1 saturated heterocycles. The smallest absolute Gasteiger partial charge is 0.259 e. The van der Waals surface area contributed by atoms with E-state index in [1.165, 1.54) is 30.9 Å². The Bertz CT molecular complexity index is 1230. The van der Waals surface area contributed by atoms with Crippen LogP contribution in [0.2, 0.25) is 0 Å². The second kappa shape index (κ2) is 11.0. The third-order valence-corrected chi connectivity index (χ3v) is 6.26. The van der Waals surface area contributed by atoms with Gasteiger partial charge in [0.1, 0.15) is 16.9 Å². The maximum absolute atomic E-state index is 13.3. The number of hydrogen-bond donors (Lipinski definition) is 1. The first-order valence-electron chi connectivity index (χ1n) is 11.8. The van der Waals surface area contributed by atoms with E-state index < -0.39 is 11.3 Å². The fourth-order valence-corrected chi connectivity index (χ4v) is 4.31. The number of carbonyl (C=O) groups is 2. The lowest BCUT2D eigenvalue weighted by molar-refractivity contribution is 0.0744. The largest absolute Gasteiger partial charge is 0.368 e. The Kier molecular flexibility index (Phi) is 7.60. The highest BCUT2D eigenvalue weighted by Gasteiger charge is 2.26. The summed E-state index contributed by atoms with van der Waals surface area (Å²) in [6.07, 6.45) is 4.73. The molecule has 0 radical (unpaired) electrons.